The molecule has 1 aliphatic rings. The number of rotatable bonds is 7. The number of urea groups is 1. The summed E-state index contributed by atoms with van der Waals surface area (Å²) in [7, 11) is 0. The molecule has 0 bridgehead atoms. The fraction of sp³-hybridized carbons (Fsp3) is 0.407. The van der Waals surface area contributed by atoms with Crippen LogP contribution in [0.1, 0.15) is 67.6 Å². The maximum absolute atomic E-state index is 12.7. The van der Waals surface area contributed by atoms with E-state index in [-0.39, 0.29) is 22.8 Å². The van der Waals surface area contributed by atoms with Gasteiger partial charge in [0.1, 0.15) is 0 Å². The van der Waals surface area contributed by atoms with Gasteiger partial charge in [0.2, 0.25) is 0 Å². The molecule has 5 nitrogen and oxygen atoms in total. The second-order valence-corrected chi connectivity index (χ2v) is 9.73. The summed E-state index contributed by atoms with van der Waals surface area (Å²) in [5, 5.41) is 5.41. The van der Waals surface area contributed by atoms with Crippen LogP contribution in [-0.2, 0) is 22.0 Å². The van der Waals surface area contributed by atoms with Crippen LogP contribution >= 0.6 is 0 Å². The van der Waals surface area contributed by atoms with E-state index in [1.165, 1.54) is 11.1 Å². The maximum Gasteiger partial charge on any atom is 0.338 e. The van der Waals surface area contributed by atoms with Crippen molar-refractivity contribution >= 4 is 17.7 Å². The summed E-state index contributed by atoms with van der Waals surface area (Å²) in [4.78, 5) is 24.3. The maximum atomic E-state index is 12.7. The van der Waals surface area contributed by atoms with Crippen molar-refractivity contribution in [2.24, 2.45) is 0 Å². The Bertz CT molecular complexity index is 990. The lowest BCUT2D eigenvalue weighted by Gasteiger charge is -2.41. The fourth-order valence-electron chi connectivity index (χ4n) is 4.16. The number of ether oxygens (including phenoxy) is 1. The Morgan fingerprint density at radius 2 is 1.66 bits per heavy atom. The van der Waals surface area contributed by atoms with Crippen LogP contribution in [-0.4, -0.2) is 25.2 Å². The molecule has 0 aromatic heterocycles. The number of amides is 2. The van der Waals surface area contributed by atoms with Crippen LogP contribution in [0.5, 0.6) is 0 Å². The zero-order valence-corrected chi connectivity index (χ0v) is 19.6. The van der Waals surface area contributed by atoms with E-state index < -0.39 is 0 Å². The zero-order valence-electron chi connectivity index (χ0n) is 19.6. The van der Waals surface area contributed by atoms with Crippen LogP contribution in [0, 0.1) is 0 Å². The first kappa shape index (κ1) is 23.6. The van der Waals surface area contributed by atoms with E-state index in [0.717, 1.165) is 18.4 Å². The van der Waals surface area contributed by atoms with Crippen molar-refractivity contribution < 1.29 is 14.3 Å². The van der Waals surface area contributed by atoms with Gasteiger partial charge in [-0.05, 0) is 64.6 Å². The third kappa shape index (κ3) is 5.58. The lowest BCUT2D eigenvalue weighted by Crippen LogP contribution is -2.34. The number of benzene rings is 2. The van der Waals surface area contributed by atoms with Gasteiger partial charge < -0.3 is 15.4 Å². The van der Waals surface area contributed by atoms with Crippen molar-refractivity contribution in [2.45, 2.75) is 57.8 Å². The molecule has 32 heavy (non-hydrogen) atoms. The molecule has 2 aromatic rings. The average Bonchev–Trinajstić information content (AvgIpc) is 2.76. The van der Waals surface area contributed by atoms with Crippen LogP contribution in [0.3, 0.4) is 0 Å². The van der Waals surface area contributed by atoms with E-state index in [0.29, 0.717) is 30.8 Å². The highest BCUT2D eigenvalue weighted by molar-refractivity contribution is 5.90. The van der Waals surface area contributed by atoms with Gasteiger partial charge in [-0.1, -0.05) is 52.0 Å². The van der Waals surface area contributed by atoms with Gasteiger partial charge in [0, 0.05) is 18.7 Å². The molecule has 0 saturated heterocycles. The molecule has 0 spiro atoms. The summed E-state index contributed by atoms with van der Waals surface area (Å²) in [6.07, 6.45) is 4.48. The minimum atomic E-state index is -0.288. The predicted molar refractivity (Wildman–Crippen MR) is 129 cm³/mol. The van der Waals surface area contributed by atoms with Crippen molar-refractivity contribution in [3.63, 3.8) is 0 Å². The number of nitrogens with one attached hydrogen (secondary N) is 2. The van der Waals surface area contributed by atoms with E-state index in [2.05, 4.69) is 51.0 Å². The highest BCUT2D eigenvalue weighted by Gasteiger charge is 2.37. The Morgan fingerprint density at radius 3 is 2.31 bits per heavy atom. The molecule has 0 radical (unpaired) electrons. The molecule has 0 saturated carbocycles. The third-order valence-electron chi connectivity index (χ3n) is 6.33. The van der Waals surface area contributed by atoms with Gasteiger partial charge in [0.15, 0.2) is 0 Å². The first-order valence-electron chi connectivity index (χ1n) is 11.2. The molecule has 0 fully saturated rings. The topological polar surface area (TPSA) is 67.4 Å². The molecular weight excluding hydrogens is 400 g/mol. The van der Waals surface area contributed by atoms with Crippen LogP contribution in [0.2, 0.25) is 0 Å². The van der Waals surface area contributed by atoms with E-state index in [1.54, 1.807) is 6.08 Å². The Balaban J connectivity index is 1.56. The molecule has 2 amide bonds. The Kier molecular flexibility index (Phi) is 7.07. The highest BCUT2D eigenvalue weighted by Crippen LogP contribution is 2.45. The van der Waals surface area contributed by atoms with Crippen molar-refractivity contribution in [1.29, 1.82) is 0 Å². The Hall–Kier alpha value is -3.08. The second kappa shape index (κ2) is 9.60. The van der Waals surface area contributed by atoms with Crippen molar-refractivity contribution in [3.8, 4) is 0 Å². The summed E-state index contributed by atoms with van der Waals surface area (Å²) >= 11 is 0. The van der Waals surface area contributed by atoms with Gasteiger partial charge in [-0.2, -0.15) is 0 Å². The number of fused-ring (bicyclic) bond motifs is 1. The second-order valence-electron chi connectivity index (χ2n) is 9.73. The average molecular weight is 435 g/mol. The standard InChI is InChI=1S/C27H34N2O3/c1-6-16-28-25(31)29-21-10-7-19(8-11-21)13-17-32-24(30)20-9-12-22-23(18-20)27(4,5)15-14-26(22,2)3/h6-12,18H,1,13-17H2,2-5H3,(H2,28,29,31). The number of hydrogen-bond donors (Lipinski definition) is 2. The molecule has 0 unspecified atom stereocenters. The molecule has 3 rings (SSSR count). The zero-order chi connectivity index (χ0) is 23.4. The fourth-order valence-corrected chi connectivity index (χ4v) is 4.16. The van der Waals surface area contributed by atoms with E-state index in [9.17, 15) is 9.59 Å². The molecule has 0 atom stereocenters. The third-order valence-corrected chi connectivity index (χ3v) is 6.33. The Morgan fingerprint density at radius 1 is 1.00 bits per heavy atom. The summed E-state index contributed by atoms with van der Waals surface area (Å²) in [5.74, 6) is -0.288. The van der Waals surface area contributed by atoms with E-state index in [1.807, 2.05) is 36.4 Å². The molecule has 2 N–H and O–H groups in total. The first-order valence-corrected chi connectivity index (χ1v) is 11.2. The smallest absolute Gasteiger partial charge is 0.338 e. The van der Waals surface area contributed by atoms with E-state index in [4.69, 9.17) is 4.74 Å². The van der Waals surface area contributed by atoms with Crippen LogP contribution in [0.4, 0.5) is 10.5 Å². The number of carbonyl (C=O) groups excluding carboxylic acids is 2. The number of anilines is 1. The van der Waals surface area contributed by atoms with Crippen LogP contribution in [0.25, 0.3) is 0 Å². The quantitative estimate of drug-likeness (QED) is 0.431. The van der Waals surface area contributed by atoms with Gasteiger partial charge in [-0.25, -0.2) is 9.59 Å². The summed E-state index contributed by atoms with van der Waals surface area (Å²) in [5.41, 5.74) is 5.11. The molecule has 170 valence electrons. The lowest BCUT2D eigenvalue weighted by molar-refractivity contribution is 0.0509. The van der Waals surface area contributed by atoms with Gasteiger partial charge in [0.25, 0.3) is 0 Å². The monoisotopic (exact) mass is 434 g/mol. The highest BCUT2D eigenvalue weighted by atomic mass is 16.5. The normalized spacial score (nSPS) is 15.9. The van der Waals surface area contributed by atoms with E-state index >= 15 is 0 Å². The van der Waals surface area contributed by atoms with Gasteiger partial charge in [-0.15, -0.1) is 6.58 Å². The molecular formula is C27H34N2O3. The minimum Gasteiger partial charge on any atom is -0.462 e. The predicted octanol–water partition coefficient (Wildman–Crippen LogP) is 5.74. The van der Waals surface area contributed by atoms with Gasteiger partial charge >= 0.3 is 12.0 Å². The van der Waals surface area contributed by atoms with Crippen molar-refractivity contribution in [1.82, 2.24) is 5.32 Å². The van der Waals surface area contributed by atoms with Crippen molar-refractivity contribution in [2.75, 3.05) is 18.5 Å². The van der Waals surface area contributed by atoms with Crippen LogP contribution < -0.4 is 10.6 Å². The molecule has 2 aromatic carbocycles. The van der Waals surface area contributed by atoms with Crippen molar-refractivity contribution in [3.05, 3.63) is 77.4 Å². The minimum absolute atomic E-state index is 0.0551. The Labute approximate surface area is 191 Å². The summed E-state index contributed by atoms with van der Waals surface area (Å²) in [6.45, 7) is 13.3. The number of esters is 1. The summed E-state index contributed by atoms with van der Waals surface area (Å²) in [6, 6.07) is 13.2. The van der Waals surface area contributed by atoms with Gasteiger partial charge in [0.05, 0.1) is 12.2 Å². The summed E-state index contributed by atoms with van der Waals surface area (Å²) < 4.78 is 5.55. The molecule has 1 aliphatic carbocycles. The first-order chi connectivity index (χ1) is 15.1. The van der Waals surface area contributed by atoms with Gasteiger partial charge in [-0.3, -0.25) is 0 Å². The van der Waals surface area contributed by atoms with Crippen LogP contribution in [0.15, 0.2) is 55.1 Å². The number of hydrogen-bond acceptors (Lipinski definition) is 3. The molecule has 0 heterocycles. The largest absolute Gasteiger partial charge is 0.462 e. The lowest BCUT2D eigenvalue weighted by atomic mass is 9.63. The molecule has 5 heteroatoms. The number of carbonyl (C=O) groups is 2. The molecule has 0 aliphatic heterocycles. The SMILES string of the molecule is C=CCNC(=O)Nc1ccc(CCOC(=O)c2ccc3c(c2)C(C)(C)CCC3(C)C)cc1.